The summed E-state index contributed by atoms with van der Waals surface area (Å²) in [5, 5.41) is 6.01. The fourth-order valence-corrected chi connectivity index (χ4v) is 6.22. The summed E-state index contributed by atoms with van der Waals surface area (Å²) in [5.41, 5.74) is 6.83. The molecule has 1 unspecified atom stereocenters. The topological polar surface area (TPSA) is 94.4 Å². The monoisotopic (exact) mass is 456 g/mol. The second-order valence-corrected chi connectivity index (χ2v) is 9.71. The molecular weight excluding hydrogens is 428 g/mol. The molecule has 1 aromatic carbocycles. The normalized spacial score (nSPS) is 24.9. The average Bonchev–Trinajstić information content (AvgIpc) is 3.16. The average molecular weight is 457 g/mol. The first-order chi connectivity index (χ1) is 15.5. The fraction of sp³-hybridized carbons (Fsp3) is 0.542. The number of halogens is 1. The molecule has 2 N–H and O–H groups in total. The Morgan fingerprint density at radius 1 is 1.19 bits per heavy atom. The molecule has 7 nitrogen and oxygen atoms in total. The lowest BCUT2D eigenvalue weighted by Crippen LogP contribution is -2.49. The van der Waals surface area contributed by atoms with Crippen molar-refractivity contribution in [2.45, 2.75) is 76.4 Å². The number of amides is 1. The van der Waals surface area contributed by atoms with Crippen LogP contribution in [0.25, 0.3) is 21.8 Å². The molecule has 170 valence electrons. The van der Waals surface area contributed by atoms with Crippen LogP contribution in [0.1, 0.15) is 63.2 Å². The number of pyridine rings is 1. The van der Waals surface area contributed by atoms with Gasteiger partial charge in [0.05, 0.1) is 10.5 Å². The highest BCUT2D eigenvalue weighted by Gasteiger charge is 2.35. The third kappa shape index (κ3) is 3.61. The first-order valence-electron chi connectivity index (χ1n) is 11.6. The van der Waals surface area contributed by atoms with E-state index in [1.165, 1.54) is 0 Å². The van der Waals surface area contributed by atoms with Crippen LogP contribution in [0.3, 0.4) is 0 Å². The number of carbonyl (C=O) groups excluding carboxylic acids is 1. The van der Waals surface area contributed by atoms with Gasteiger partial charge in [0.15, 0.2) is 0 Å². The Morgan fingerprint density at radius 3 is 2.81 bits per heavy atom. The molecule has 5 rings (SSSR count). The van der Waals surface area contributed by atoms with Crippen molar-refractivity contribution in [3.05, 3.63) is 39.3 Å². The SMILES string of the molecule is Cc1onc2c1c(=O)n([C@H]1CCC[C@@H](N3CCCCC3CC(N)=O)C1)c1cccc(Cl)c21. The van der Waals surface area contributed by atoms with Gasteiger partial charge in [0.2, 0.25) is 5.91 Å². The number of carbonyl (C=O) groups is 1. The molecule has 3 heterocycles. The van der Waals surface area contributed by atoms with Crippen LogP contribution in [0.2, 0.25) is 5.02 Å². The van der Waals surface area contributed by atoms with Gasteiger partial charge in [-0.25, -0.2) is 0 Å². The Morgan fingerprint density at radius 2 is 2.00 bits per heavy atom. The van der Waals surface area contributed by atoms with Crippen LogP contribution in [0.5, 0.6) is 0 Å². The summed E-state index contributed by atoms with van der Waals surface area (Å²) < 4.78 is 7.32. The molecule has 32 heavy (non-hydrogen) atoms. The molecule has 0 bridgehead atoms. The molecule has 1 aliphatic heterocycles. The molecule has 1 saturated heterocycles. The minimum Gasteiger partial charge on any atom is -0.370 e. The van der Waals surface area contributed by atoms with E-state index in [9.17, 15) is 9.59 Å². The summed E-state index contributed by atoms with van der Waals surface area (Å²) >= 11 is 6.58. The molecule has 1 saturated carbocycles. The third-order valence-corrected chi connectivity index (χ3v) is 7.66. The predicted octanol–water partition coefficient (Wildman–Crippen LogP) is 4.32. The van der Waals surface area contributed by atoms with Crippen LogP contribution in [-0.2, 0) is 4.79 Å². The smallest absolute Gasteiger partial charge is 0.264 e. The Balaban J connectivity index is 1.57. The third-order valence-electron chi connectivity index (χ3n) is 7.35. The van der Waals surface area contributed by atoms with Crippen LogP contribution in [-0.4, -0.2) is 39.2 Å². The van der Waals surface area contributed by atoms with Crippen molar-refractivity contribution >= 4 is 39.3 Å². The van der Waals surface area contributed by atoms with Gasteiger partial charge in [-0.15, -0.1) is 0 Å². The highest BCUT2D eigenvalue weighted by atomic mass is 35.5. The van der Waals surface area contributed by atoms with Crippen LogP contribution in [0.4, 0.5) is 0 Å². The number of aryl methyl sites for hydroxylation is 1. The zero-order valence-electron chi connectivity index (χ0n) is 18.3. The number of aromatic nitrogens is 2. The Bertz CT molecular complexity index is 1230. The summed E-state index contributed by atoms with van der Waals surface area (Å²) in [6.45, 7) is 2.76. The van der Waals surface area contributed by atoms with Gasteiger partial charge in [0, 0.05) is 29.9 Å². The van der Waals surface area contributed by atoms with E-state index in [1.807, 2.05) is 22.8 Å². The van der Waals surface area contributed by atoms with E-state index in [4.69, 9.17) is 21.9 Å². The standard InChI is InChI=1S/C24H29ClN4O3/c1-14-21-23(27-32-14)22-18(25)9-5-10-19(22)29(24(21)31)17-8-4-7-15(12-17)28-11-3-2-6-16(28)13-20(26)30/h5,9-10,15-17H,2-4,6-8,11-13H2,1H3,(H2,26,30)/t15-,16?,17+/m1/s1. The van der Waals surface area contributed by atoms with E-state index in [0.717, 1.165) is 62.4 Å². The van der Waals surface area contributed by atoms with Crippen molar-refractivity contribution in [1.29, 1.82) is 0 Å². The number of nitrogens with zero attached hydrogens (tertiary/aromatic N) is 3. The van der Waals surface area contributed by atoms with Crippen LogP contribution in [0.15, 0.2) is 27.5 Å². The maximum absolute atomic E-state index is 13.7. The minimum atomic E-state index is -0.237. The molecule has 3 aromatic rings. The molecule has 0 radical (unpaired) electrons. The van der Waals surface area contributed by atoms with Gasteiger partial charge in [0.1, 0.15) is 16.7 Å². The van der Waals surface area contributed by atoms with Crippen molar-refractivity contribution in [3.63, 3.8) is 0 Å². The predicted molar refractivity (Wildman–Crippen MR) is 125 cm³/mol. The molecule has 2 fully saturated rings. The summed E-state index contributed by atoms with van der Waals surface area (Å²) in [6.07, 6.45) is 7.60. The zero-order chi connectivity index (χ0) is 22.4. The quantitative estimate of drug-likeness (QED) is 0.630. The lowest BCUT2D eigenvalue weighted by molar-refractivity contribution is -0.120. The number of likely N-dealkylation sites (tertiary alicyclic amines) is 1. The Kier molecular flexibility index (Phi) is 5.72. The lowest BCUT2D eigenvalue weighted by atomic mass is 9.86. The maximum Gasteiger partial charge on any atom is 0.264 e. The second kappa shape index (κ2) is 8.52. The van der Waals surface area contributed by atoms with Gasteiger partial charge in [-0.05, 0) is 64.1 Å². The van der Waals surface area contributed by atoms with Crippen molar-refractivity contribution in [1.82, 2.24) is 14.6 Å². The molecule has 2 aliphatic rings. The van der Waals surface area contributed by atoms with E-state index < -0.39 is 0 Å². The van der Waals surface area contributed by atoms with Crippen molar-refractivity contribution < 1.29 is 9.32 Å². The largest absolute Gasteiger partial charge is 0.370 e. The molecule has 2 aromatic heterocycles. The van der Waals surface area contributed by atoms with Gasteiger partial charge < -0.3 is 14.8 Å². The van der Waals surface area contributed by atoms with Gasteiger partial charge in [0.25, 0.3) is 5.56 Å². The van der Waals surface area contributed by atoms with E-state index in [1.54, 1.807) is 6.92 Å². The van der Waals surface area contributed by atoms with Crippen LogP contribution < -0.4 is 11.3 Å². The van der Waals surface area contributed by atoms with Crippen molar-refractivity contribution in [2.75, 3.05) is 6.54 Å². The molecule has 1 amide bonds. The summed E-state index contributed by atoms with van der Waals surface area (Å²) in [7, 11) is 0. The molecular formula is C24H29ClN4O3. The summed E-state index contributed by atoms with van der Waals surface area (Å²) in [4.78, 5) is 27.8. The van der Waals surface area contributed by atoms with Crippen molar-refractivity contribution in [2.24, 2.45) is 5.73 Å². The number of nitrogens with two attached hydrogens (primary N) is 1. The highest BCUT2D eigenvalue weighted by molar-refractivity contribution is 6.37. The van der Waals surface area contributed by atoms with Gasteiger partial charge in [-0.2, -0.15) is 0 Å². The number of piperidine rings is 1. The summed E-state index contributed by atoms with van der Waals surface area (Å²) in [5.74, 6) is 0.282. The fourth-order valence-electron chi connectivity index (χ4n) is 5.96. The maximum atomic E-state index is 13.7. The summed E-state index contributed by atoms with van der Waals surface area (Å²) in [6, 6.07) is 6.25. The van der Waals surface area contributed by atoms with Gasteiger partial charge in [-0.3, -0.25) is 14.5 Å². The number of rotatable bonds is 4. The first-order valence-corrected chi connectivity index (χ1v) is 12.0. The molecule has 0 spiro atoms. The lowest BCUT2D eigenvalue weighted by Gasteiger charge is -2.44. The van der Waals surface area contributed by atoms with Crippen LogP contribution >= 0.6 is 11.6 Å². The Labute approximate surface area is 191 Å². The number of primary amides is 1. The number of benzene rings is 1. The number of fused-ring (bicyclic) bond motifs is 3. The van der Waals surface area contributed by atoms with Gasteiger partial charge >= 0.3 is 0 Å². The van der Waals surface area contributed by atoms with E-state index in [0.29, 0.717) is 34.1 Å². The van der Waals surface area contributed by atoms with Gasteiger partial charge in [-0.1, -0.05) is 29.2 Å². The van der Waals surface area contributed by atoms with Crippen molar-refractivity contribution in [3.8, 4) is 0 Å². The molecule has 1 aliphatic carbocycles. The number of hydrogen-bond donors (Lipinski definition) is 1. The second-order valence-electron chi connectivity index (χ2n) is 9.30. The molecule has 3 atom stereocenters. The van der Waals surface area contributed by atoms with Crippen LogP contribution in [0, 0.1) is 6.92 Å². The van der Waals surface area contributed by atoms with E-state index in [-0.39, 0.29) is 23.6 Å². The highest BCUT2D eigenvalue weighted by Crippen LogP contribution is 2.38. The van der Waals surface area contributed by atoms with E-state index >= 15 is 0 Å². The minimum absolute atomic E-state index is 0.0528. The molecule has 8 heteroatoms. The number of hydrogen-bond acceptors (Lipinski definition) is 5. The van der Waals surface area contributed by atoms with E-state index in [2.05, 4.69) is 10.1 Å². The first kappa shape index (κ1) is 21.5. The Hall–Kier alpha value is -2.38. The zero-order valence-corrected chi connectivity index (χ0v) is 19.1.